The van der Waals surface area contributed by atoms with Gasteiger partial charge in [0, 0.05) is 32.2 Å². The molecule has 7 heteroatoms. The van der Waals surface area contributed by atoms with Crippen LogP contribution in [0.2, 0.25) is 0 Å². The number of hydrogen-bond donors (Lipinski definition) is 1. The largest absolute Gasteiger partial charge is 0.396 e. The molecule has 1 aliphatic heterocycles. The summed E-state index contributed by atoms with van der Waals surface area (Å²) in [7, 11) is 2.04. The molecular weight excluding hydrogens is 294 g/mol. The van der Waals surface area contributed by atoms with Crippen LogP contribution < -0.4 is 4.90 Å². The van der Waals surface area contributed by atoms with Crippen LogP contribution in [0.3, 0.4) is 0 Å². The van der Waals surface area contributed by atoms with Gasteiger partial charge in [-0.25, -0.2) is 0 Å². The molecule has 0 bridgehead atoms. The molecule has 0 aromatic carbocycles. The van der Waals surface area contributed by atoms with Crippen molar-refractivity contribution in [2.24, 2.45) is 5.41 Å². The standard InChI is InChI=1S/C16H25N5O2/c1-12(2)13-8-14(15-18-17-11-21(15)19-13)20(3)9-16(10-22)4-6-23-7-5-16/h8,11-12,22H,4-7,9-10H2,1-3H3. The summed E-state index contributed by atoms with van der Waals surface area (Å²) in [4.78, 5) is 2.17. The Bertz CT molecular complexity index is 664. The fourth-order valence-electron chi connectivity index (χ4n) is 3.15. The second kappa shape index (κ2) is 6.41. The summed E-state index contributed by atoms with van der Waals surface area (Å²) in [6.45, 7) is 6.60. The minimum absolute atomic E-state index is 0.120. The predicted octanol–water partition coefficient (Wildman–Crippen LogP) is 1.47. The van der Waals surface area contributed by atoms with Crippen LogP contribution in [0.5, 0.6) is 0 Å². The maximum atomic E-state index is 9.93. The molecule has 23 heavy (non-hydrogen) atoms. The Kier molecular flexibility index (Phi) is 4.50. The molecule has 2 aromatic heterocycles. The summed E-state index contributed by atoms with van der Waals surface area (Å²) in [6, 6.07) is 2.08. The Balaban J connectivity index is 1.93. The number of nitrogens with zero attached hydrogens (tertiary/aromatic N) is 5. The van der Waals surface area contributed by atoms with Crippen LogP contribution >= 0.6 is 0 Å². The summed E-state index contributed by atoms with van der Waals surface area (Å²) in [6.07, 6.45) is 3.38. The predicted molar refractivity (Wildman–Crippen MR) is 87.7 cm³/mol. The molecule has 1 fully saturated rings. The van der Waals surface area contributed by atoms with Gasteiger partial charge in [-0.15, -0.1) is 10.2 Å². The molecule has 7 nitrogen and oxygen atoms in total. The van der Waals surface area contributed by atoms with Gasteiger partial charge < -0.3 is 14.7 Å². The van der Waals surface area contributed by atoms with Gasteiger partial charge in [0.15, 0.2) is 0 Å². The van der Waals surface area contributed by atoms with Gasteiger partial charge in [0.2, 0.25) is 5.65 Å². The van der Waals surface area contributed by atoms with Crippen molar-refractivity contribution < 1.29 is 9.84 Å². The van der Waals surface area contributed by atoms with Gasteiger partial charge in [-0.3, -0.25) is 0 Å². The van der Waals surface area contributed by atoms with Gasteiger partial charge in [-0.2, -0.15) is 9.61 Å². The molecule has 1 N–H and O–H groups in total. The third-order valence-electron chi connectivity index (χ3n) is 4.73. The van der Waals surface area contributed by atoms with Gasteiger partial charge in [-0.05, 0) is 24.8 Å². The molecule has 0 unspecified atom stereocenters. The fraction of sp³-hybridized carbons (Fsp3) is 0.688. The second-order valence-electron chi connectivity index (χ2n) is 6.83. The van der Waals surface area contributed by atoms with E-state index in [1.165, 1.54) is 0 Å². The van der Waals surface area contributed by atoms with E-state index in [0.29, 0.717) is 19.1 Å². The Hall–Kier alpha value is -1.73. The Morgan fingerprint density at radius 1 is 1.39 bits per heavy atom. The highest BCUT2D eigenvalue weighted by Gasteiger charge is 2.34. The van der Waals surface area contributed by atoms with Crippen LogP contribution in [-0.2, 0) is 4.74 Å². The van der Waals surface area contributed by atoms with Gasteiger partial charge in [0.1, 0.15) is 6.33 Å². The maximum Gasteiger partial charge on any atom is 0.200 e. The van der Waals surface area contributed by atoms with Crippen LogP contribution in [0.1, 0.15) is 38.3 Å². The summed E-state index contributed by atoms with van der Waals surface area (Å²) < 4.78 is 7.19. The molecule has 0 amide bonds. The van der Waals surface area contributed by atoms with Crippen LogP contribution in [-0.4, -0.2) is 58.3 Å². The van der Waals surface area contributed by atoms with Crippen molar-refractivity contribution in [2.45, 2.75) is 32.6 Å². The van der Waals surface area contributed by atoms with E-state index in [4.69, 9.17) is 4.74 Å². The zero-order valence-electron chi connectivity index (χ0n) is 14.1. The van der Waals surface area contributed by atoms with Crippen LogP contribution in [0.25, 0.3) is 5.65 Å². The minimum Gasteiger partial charge on any atom is -0.396 e. The lowest BCUT2D eigenvalue weighted by Gasteiger charge is -2.39. The molecule has 126 valence electrons. The lowest BCUT2D eigenvalue weighted by Crippen LogP contribution is -2.43. The number of fused-ring (bicyclic) bond motifs is 1. The molecule has 0 saturated carbocycles. The van der Waals surface area contributed by atoms with Gasteiger partial charge in [0.05, 0.1) is 18.0 Å². The topological polar surface area (TPSA) is 75.8 Å². The molecular formula is C16H25N5O2. The molecule has 2 aromatic rings. The average molecular weight is 319 g/mol. The zero-order chi connectivity index (χ0) is 16.4. The molecule has 0 radical (unpaired) electrons. The quantitative estimate of drug-likeness (QED) is 0.899. The van der Waals surface area contributed by atoms with Crippen molar-refractivity contribution in [3.8, 4) is 0 Å². The van der Waals surface area contributed by atoms with Crippen molar-refractivity contribution >= 4 is 11.3 Å². The molecule has 0 aliphatic carbocycles. The molecule has 0 atom stereocenters. The van der Waals surface area contributed by atoms with Crippen molar-refractivity contribution in [2.75, 3.05) is 38.3 Å². The van der Waals surface area contributed by atoms with Crippen LogP contribution in [0.15, 0.2) is 12.4 Å². The SMILES string of the molecule is CC(C)c1cc(N(C)CC2(CO)CCOCC2)c2nncn2n1. The first kappa shape index (κ1) is 16.1. The molecule has 1 aliphatic rings. The van der Waals surface area contributed by atoms with Crippen molar-refractivity contribution in [1.82, 2.24) is 19.8 Å². The monoisotopic (exact) mass is 319 g/mol. The van der Waals surface area contributed by atoms with E-state index in [1.54, 1.807) is 10.8 Å². The zero-order valence-corrected chi connectivity index (χ0v) is 14.1. The van der Waals surface area contributed by atoms with Gasteiger partial charge in [0.25, 0.3) is 0 Å². The first-order valence-corrected chi connectivity index (χ1v) is 8.15. The average Bonchev–Trinajstić information content (AvgIpc) is 3.03. The van der Waals surface area contributed by atoms with Crippen LogP contribution in [0.4, 0.5) is 5.69 Å². The van der Waals surface area contributed by atoms with E-state index in [0.717, 1.165) is 36.4 Å². The number of aromatic nitrogens is 4. The normalized spacial score (nSPS) is 17.8. The number of hydrogen-bond acceptors (Lipinski definition) is 6. The Morgan fingerprint density at radius 3 is 2.78 bits per heavy atom. The van der Waals surface area contributed by atoms with Crippen LogP contribution in [0, 0.1) is 5.41 Å². The van der Waals surface area contributed by atoms with E-state index in [1.807, 2.05) is 7.05 Å². The summed E-state index contributed by atoms with van der Waals surface area (Å²) in [5.74, 6) is 0.323. The molecule has 1 saturated heterocycles. The molecule has 3 rings (SSSR count). The second-order valence-corrected chi connectivity index (χ2v) is 6.83. The maximum absolute atomic E-state index is 9.93. The fourth-order valence-corrected chi connectivity index (χ4v) is 3.15. The van der Waals surface area contributed by atoms with Crippen molar-refractivity contribution in [3.63, 3.8) is 0 Å². The highest BCUT2D eigenvalue weighted by Crippen LogP contribution is 2.33. The minimum atomic E-state index is -0.120. The Morgan fingerprint density at radius 2 is 2.13 bits per heavy atom. The van der Waals surface area contributed by atoms with Crippen molar-refractivity contribution in [1.29, 1.82) is 0 Å². The van der Waals surface area contributed by atoms with E-state index in [-0.39, 0.29) is 12.0 Å². The highest BCUT2D eigenvalue weighted by atomic mass is 16.5. The number of ether oxygens (including phenoxy) is 1. The lowest BCUT2D eigenvalue weighted by molar-refractivity contribution is -0.0112. The Labute approximate surface area is 136 Å². The number of aliphatic hydroxyl groups excluding tert-OH is 1. The highest BCUT2D eigenvalue weighted by molar-refractivity contribution is 5.68. The third-order valence-corrected chi connectivity index (χ3v) is 4.73. The van der Waals surface area contributed by atoms with Crippen molar-refractivity contribution in [3.05, 3.63) is 18.1 Å². The first-order chi connectivity index (χ1) is 11.0. The van der Waals surface area contributed by atoms with Gasteiger partial charge >= 0.3 is 0 Å². The summed E-state index contributed by atoms with van der Waals surface area (Å²) in [5, 5.41) is 22.7. The smallest absolute Gasteiger partial charge is 0.200 e. The van der Waals surface area contributed by atoms with E-state index in [2.05, 4.69) is 40.1 Å². The summed E-state index contributed by atoms with van der Waals surface area (Å²) in [5.41, 5.74) is 2.63. The van der Waals surface area contributed by atoms with E-state index >= 15 is 0 Å². The third kappa shape index (κ3) is 3.16. The van der Waals surface area contributed by atoms with Gasteiger partial charge in [-0.1, -0.05) is 13.8 Å². The molecule has 0 spiro atoms. The van der Waals surface area contributed by atoms with E-state index in [9.17, 15) is 5.11 Å². The molecule has 3 heterocycles. The first-order valence-electron chi connectivity index (χ1n) is 8.15. The summed E-state index contributed by atoms with van der Waals surface area (Å²) >= 11 is 0. The lowest BCUT2D eigenvalue weighted by atomic mass is 9.80. The number of rotatable bonds is 5. The number of aliphatic hydroxyl groups is 1. The van der Waals surface area contributed by atoms with E-state index < -0.39 is 0 Å². The number of anilines is 1.